The van der Waals surface area contributed by atoms with Crippen LogP contribution in [0.4, 0.5) is 0 Å². The minimum absolute atomic E-state index is 0.108. The first kappa shape index (κ1) is 105. The SMILES string of the molecule is CCCCCCCCCCCCCCCCCCCCCCCCC(=O)O[C@H](COC(=O)CCCCCCCCCCCCCCCCCCCC)COP(=O)(O)OC[C@@H](O)COP(=O)(O)OC[C@@H](COC(=O)CCCCCCCCCCC(C)CC)OC(=O)CCCCCCCCCCCCCCCCC. The van der Waals surface area contributed by atoms with Crippen LogP contribution in [0.15, 0.2) is 0 Å². The summed E-state index contributed by atoms with van der Waals surface area (Å²) in [5.74, 6) is -1.32. The van der Waals surface area contributed by atoms with E-state index in [4.69, 9.17) is 37.0 Å². The third-order valence-corrected chi connectivity index (χ3v) is 23.0. The second-order valence-electron chi connectivity index (χ2n) is 31.9. The van der Waals surface area contributed by atoms with Gasteiger partial charge in [0.15, 0.2) is 12.2 Å². The van der Waals surface area contributed by atoms with Crippen molar-refractivity contribution >= 4 is 39.5 Å². The molecule has 0 aliphatic heterocycles. The molecule has 0 aromatic heterocycles. The first-order valence-electron chi connectivity index (χ1n) is 45.7. The van der Waals surface area contributed by atoms with Crippen molar-refractivity contribution in [3.63, 3.8) is 0 Å². The standard InChI is InChI=1S/C88H172O17P2/c1-6-10-13-16-19-22-25-28-31-33-35-36-37-38-40-43-46-49-52-59-64-69-74-87(92)104-83(77-98-85(90)71-66-61-56-50-47-44-42-39-34-32-29-26-23-20-17-14-11-7-2)79-102-106(94,95)100-75-82(89)76-101-107(96,97)103-80-84(78-99-86(91)72-67-62-57-54-53-55-60-65-70-81(5)9-4)105-88(93)73-68-63-58-51-48-45-41-30-27-24-21-18-15-12-8-3/h81-84,89H,6-80H2,1-5H3,(H,94,95)(H,96,97)/t81?,82-,83-,84-/m1/s1. The second kappa shape index (κ2) is 80.7. The van der Waals surface area contributed by atoms with Crippen LogP contribution in [0.25, 0.3) is 0 Å². The number of phosphoric ester groups is 2. The van der Waals surface area contributed by atoms with Gasteiger partial charge in [0.25, 0.3) is 0 Å². The minimum atomic E-state index is -4.97. The summed E-state index contributed by atoms with van der Waals surface area (Å²) in [6, 6.07) is 0. The molecule has 0 radical (unpaired) electrons. The number of hydrogen-bond donors (Lipinski definition) is 3. The predicted molar refractivity (Wildman–Crippen MR) is 442 cm³/mol. The van der Waals surface area contributed by atoms with Crippen LogP contribution in [0.1, 0.15) is 478 Å². The predicted octanol–water partition coefficient (Wildman–Crippen LogP) is 27.2. The summed E-state index contributed by atoms with van der Waals surface area (Å²) in [5, 5.41) is 10.7. The van der Waals surface area contributed by atoms with Crippen molar-refractivity contribution in [2.75, 3.05) is 39.6 Å². The van der Waals surface area contributed by atoms with Crippen LogP contribution in [0.5, 0.6) is 0 Å². The van der Waals surface area contributed by atoms with Crippen LogP contribution in [0, 0.1) is 5.92 Å². The molecule has 0 saturated carbocycles. The Morgan fingerprint density at radius 1 is 0.262 bits per heavy atom. The van der Waals surface area contributed by atoms with Crippen molar-refractivity contribution in [3.05, 3.63) is 0 Å². The van der Waals surface area contributed by atoms with E-state index in [2.05, 4.69) is 34.6 Å². The van der Waals surface area contributed by atoms with Gasteiger partial charge in [0.05, 0.1) is 26.4 Å². The van der Waals surface area contributed by atoms with E-state index in [0.717, 1.165) is 95.8 Å². The minimum Gasteiger partial charge on any atom is -0.462 e. The van der Waals surface area contributed by atoms with Gasteiger partial charge >= 0.3 is 39.5 Å². The lowest BCUT2D eigenvalue weighted by Gasteiger charge is -2.21. The fraction of sp³-hybridized carbons (Fsp3) is 0.955. The monoisotopic (exact) mass is 1560 g/mol. The van der Waals surface area contributed by atoms with Crippen molar-refractivity contribution < 1.29 is 80.2 Å². The second-order valence-corrected chi connectivity index (χ2v) is 34.8. The molecule has 107 heavy (non-hydrogen) atoms. The number of aliphatic hydroxyl groups excluding tert-OH is 1. The zero-order valence-electron chi connectivity index (χ0n) is 70.3. The Kier molecular flexibility index (Phi) is 79.2. The van der Waals surface area contributed by atoms with E-state index in [9.17, 15) is 43.2 Å². The normalized spacial score (nSPS) is 14.0. The maximum atomic E-state index is 13.2. The largest absolute Gasteiger partial charge is 0.472 e. The molecule has 0 aromatic rings. The summed E-state index contributed by atoms with van der Waals surface area (Å²) in [7, 11) is -9.93. The number of rotatable bonds is 88. The number of esters is 4. The molecule has 6 atom stereocenters. The summed E-state index contributed by atoms with van der Waals surface area (Å²) in [6.45, 7) is 7.38. The van der Waals surface area contributed by atoms with E-state index in [1.54, 1.807) is 0 Å². The van der Waals surface area contributed by atoms with E-state index < -0.39 is 97.5 Å². The Labute approximate surface area is 658 Å². The van der Waals surface area contributed by atoms with Crippen molar-refractivity contribution in [2.45, 2.75) is 496 Å². The van der Waals surface area contributed by atoms with E-state index >= 15 is 0 Å². The van der Waals surface area contributed by atoms with Gasteiger partial charge < -0.3 is 33.8 Å². The van der Waals surface area contributed by atoms with Gasteiger partial charge in [-0.1, -0.05) is 426 Å². The Hall–Kier alpha value is -1.94. The van der Waals surface area contributed by atoms with Crippen LogP contribution < -0.4 is 0 Å². The zero-order valence-corrected chi connectivity index (χ0v) is 72.1. The highest BCUT2D eigenvalue weighted by Crippen LogP contribution is 2.45. The van der Waals surface area contributed by atoms with E-state index in [1.807, 2.05) is 0 Å². The van der Waals surface area contributed by atoms with Crippen LogP contribution >= 0.6 is 15.6 Å². The van der Waals surface area contributed by atoms with Gasteiger partial charge in [-0.2, -0.15) is 0 Å². The third-order valence-electron chi connectivity index (χ3n) is 21.1. The Balaban J connectivity index is 5.24. The highest BCUT2D eigenvalue weighted by molar-refractivity contribution is 7.47. The fourth-order valence-corrected chi connectivity index (χ4v) is 15.4. The van der Waals surface area contributed by atoms with Gasteiger partial charge in [0.2, 0.25) is 0 Å². The van der Waals surface area contributed by atoms with Gasteiger partial charge in [-0.15, -0.1) is 0 Å². The lowest BCUT2D eigenvalue weighted by Crippen LogP contribution is -2.30. The van der Waals surface area contributed by atoms with E-state index in [0.29, 0.717) is 25.7 Å². The molecular weight excluding hydrogens is 1390 g/mol. The molecule has 0 amide bonds. The molecule has 0 saturated heterocycles. The van der Waals surface area contributed by atoms with Crippen molar-refractivity contribution in [1.82, 2.24) is 0 Å². The lowest BCUT2D eigenvalue weighted by atomic mass is 9.99. The van der Waals surface area contributed by atoms with Crippen LogP contribution in [0.2, 0.25) is 0 Å². The molecule has 0 spiro atoms. The zero-order chi connectivity index (χ0) is 78.3. The van der Waals surface area contributed by atoms with Gasteiger partial charge in [-0.3, -0.25) is 37.3 Å². The summed E-state index contributed by atoms with van der Waals surface area (Å²) < 4.78 is 69.0. The number of unbranched alkanes of at least 4 members (excludes halogenated alkanes) is 59. The quantitative estimate of drug-likeness (QED) is 0.0222. The number of carbonyl (C=O) groups excluding carboxylic acids is 4. The molecule has 0 fully saturated rings. The average Bonchev–Trinajstić information content (AvgIpc) is 0.900. The van der Waals surface area contributed by atoms with Gasteiger partial charge in [-0.25, -0.2) is 9.13 Å². The molecule has 3 unspecified atom stereocenters. The molecule has 17 nitrogen and oxygen atoms in total. The molecule has 0 bridgehead atoms. The average molecular weight is 1560 g/mol. The van der Waals surface area contributed by atoms with Crippen molar-refractivity contribution in [3.8, 4) is 0 Å². The Morgan fingerprint density at radius 2 is 0.449 bits per heavy atom. The van der Waals surface area contributed by atoms with Crippen LogP contribution in [-0.4, -0.2) is 96.7 Å². The molecule has 636 valence electrons. The van der Waals surface area contributed by atoms with E-state index in [1.165, 1.54) is 302 Å². The third kappa shape index (κ3) is 80.5. The molecule has 0 aliphatic rings. The molecule has 19 heteroatoms. The van der Waals surface area contributed by atoms with Crippen LogP contribution in [-0.2, 0) is 65.4 Å². The number of carbonyl (C=O) groups is 4. The summed E-state index contributed by atoms with van der Waals surface area (Å²) in [5.41, 5.74) is 0. The molecular formula is C88H172O17P2. The first-order chi connectivity index (χ1) is 52.1. The fourth-order valence-electron chi connectivity index (χ4n) is 13.8. The maximum absolute atomic E-state index is 13.2. The van der Waals surface area contributed by atoms with Gasteiger partial charge in [0, 0.05) is 25.7 Å². The Morgan fingerprint density at radius 3 is 0.664 bits per heavy atom. The van der Waals surface area contributed by atoms with Gasteiger partial charge in [0.1, 0.15) is 19.3 Å². The van der Waals surface area contributed by atoms with Crippen molar-refractivity contribution in [2.24, 2.45) is 5.92 Å². The topological polar surface area (TPSA) is 237 Å². The summed E-state index contributed by atoms with van der Waals surface area (Å²) >= 11 is 0. The number of ether oxygens (including phenoxy) is 4. The highest BCUT2D eigenvalue weighted by atomic mass is 31.2. The smallest absolute Gasteiger partial charge is 0.462 e. The van der Waals surface area contributed by atoms with Gasteiger partial charge in [-0.05, 0) is 31.6 Å². The van der Waals surface area contributed by atoms with Crippen molar-refractivity contribution in [1.29, 1.82) is 0 Å². The van der Waals surface area contributed by atoms with E-state index in [-0.39, 0.29) is 25.7 Å². The molecule has 3 N–H and O–H groups in total. The first-order valence-corrected chi connectivity index (χ1v) is 48.7. The summed E-state index contributed by atoms with van der Waals surface area (Å²) in [6.07, 6.45) is 75.0. The molecule has 0 rings (SSSR count). The number of hydrogen-bond acceptors (Lipinski definition) is 15. The summed E-state index contributed by atoms with van der Waals surface area (Å²) in [4.78, 5) is 73.3. The lowest BCUT2D eigenvalue weighted by molar-refractivity contribution is -0.161. The van der Waals surface area contributed by atoms with Crippen LogP contribution in [0.3, 0.4) is 0 Å². The highest BCUT2D eigenvalue weighted by Gasteiger charge is 2.30. The maximum Gasteiger partial charge on any atom is 0.472 e. The molecule has 0 aliphatic carbocycles. The number of aliphatic hydroxyl groups is 1. The molecule has 0 aromatic carbocycles. The number of phosphoric acid groups is 2. The molecule has 0 heterocycles. The Bertz CT molecular complexity index is 2030.